The average Bonchev–Trinajstić information content (AvgIpc) is 2.30. The van der Waals surface area contributed by atoms with Crippen LogP contribution in [0.2, 0.25) is 0 Å². The molecule has 1 atom stereocenters. The molecule has 2 N–H and O–H groups in total. The van der Waals surface area contributed by atoms with Crippen molar-refractivity contribution in [3.8, 4) is 0 Å². The van der Waals surface area contributed by atoms with E-state index in [0.717, 1.165) is 5.56 Å². The van der Waals surface area contributed by atoms with Crippen molar-refractivity contribution in [1.82, 2.24) is 0 Å². The SMILES string of the molecule is COC(=O)C(N)C(C)(C)c1ccc(C)c(C)c1. The fourth-order valence-electron chi connectivity index (χ4n) is 1.74. The highest BCUT2D eigenvalue weighted by atomic mass is 16.5. The van der Waals surface area contributed by atoms with Crippen molar-refractivity contribution >= 4 is 5.97 Å². The van der Waals surface area contributed by atoms with Gasteiger partial charge in [0.1, 0.15) is 6.04 Å². The number of carbonyl (C=O) groups is 1. The maximum Gasteiger partial charge on any atom is 0.323 e. The van der Waals surface area contributed by atoms with Crippen LogP contribution in [0, 0.1) is 13.8 Å². The summed E-state index contributed by atoms with van der Waals surface area (Å²) in [5, 5.41) is 0. The van der Waals surface area contributed by atoms with E-state index in [9.17, 15) is 4.79 Å². The molecule has 3 heteroatoms. The van der Waals surface area contributed by atoms with Gasteiger partial charge in [-0.05, 0) is 30.5 Å². The first-order chi connectivity index (χ1) is 7.80. The summed E-state index contributed by atoms with van der Waals surface area (Å²) in [4.78, 5) is 11.5. The van der Waals surface area contributed by atoms with Gasteiger partial charge in [-0.3, -0.25) is 4.79 Å². The zero-order valence-corrected chi connectivity index (χ0v) is 11.2. The molecule has 0 fully saturated rings. The van der Waals surface area contributed by atoms with Gasteiger partial charge in [-0.1, -0.05) is 32.0 Å². The third-order valence-corrected chi connectivity index (χ3v) is 3.48. The van der Waals surface area contributed by atoms with Crippen LogP contribution in [-0.2, 0) is 14.9 Å². The average molecular weight is 235 g/mol. The van der Waals surface area contributed by atoms with E-state index in [1.807, 2.05) is 19.9 Å². The monoisotopic (exact) mass is 235 g/mol. The van der Waals surface area contributed by atoms with E-state index in [-0.39, 0.29) is 5.97 Å². The molecule has 17 heavy (non-hydrogen) atoms. The predicted molar refractivity (Wildman–Crippen MR) is 68.9 cm³/mol. The van der Waals surface area contributed by atoms with Crippen LogP contribution in [0.5, 0.6) is 0 Å². The number of nitrogens with two attached hydrogens (primary N) is 1. The van der Waals surface area contributed by atoms with Gasteiger partial charge in [0.05, 0.1) is 7.11 Å². The Hall–Kier alpha value is -1.35. The molecule has 0 aromatic heterocycles. The summed E-state index contributed by atoms with van der Waals surface area (Å²) < 4.78 is 4.71. The molecule has 0 aliphatic heterocycles. The highest BCUT2D eigenvalue weighted by Gasteiger charge is 2.34. The molecule has 0 radical (unpaired) electrons. The summed E-state index contributed by atoms with van der Waals surface area (Å²) in [6, 6.07) is 5.49. The Morgan fingerprint density at radius 3 is 2.35 bits per heavy atom. The Morgan fingerprint density at radius 1 is 1.29 bits per heavy atom. The summed E-state index contributed by atoms with van der Waals surface area (Å²) in [5.74, 6) is -0.381. The van der Waals surface area contributed by atoms with E-state index in [2.05, 4.69) is 26.0 Å². The van der Waals surface area contributed by atoms with Crippen molar-refractivity contribution in [2.75, 3.05) is 7.11 Å². The minimum Gasteiger partial charge on any atom is -0.468 e. The third-order valence-electron chi connectivity index (χ3n) is 3.48. The summed E-state index contributed by atoms with van der Waals surface area (Å²) in [7, 11) is 1.36. The Bertz CT molecular complexity index is 424. The van der Waals surface area contributed by atoms with Crippen molar-refractivity contribution in [3.63, 3.8) is 0 Å². The Labute approximate surface area is 103 Å². The van der Waals surface area contributed by atoms with Crippen LogP contribution in [0.15, 0.2) is 18.2 Å². The first-order valence-electron chi connectivity index (χ1n) is 5.72. The second-order valence-electron chi connectivity index (χ2n) is 5.02. The topological polar surface area (TPSA) is 52.3 Å². The molecular weight excluding hydrogens is 214 g/mol. The van der Waals surface area contributed by atoms with Crippen LogP contribution in [0.4, 0.5) is 0 Å². The molecule has 1 aromatic carbocycles. The predicted octanol–water partition coefficient (Wildman–Crippen LogP) is 2.08. The van der Waals surface area contributed by atoms with Gasteiger partial charge >= 0.3 is 5.97 Å². The lowest BCUT2D eigenvalue weighted by Crippen LogP contribution is -2.47. The van der Waals surface area contributed by atoms with Crippen molar-refractivity contribution in [2.24, 2.45) is 5.73 Å². The number of hydrogen-bond donors (Lipinski definition) is 1. The zero-order chi connectivity index (χ0) is 13.2. The number of ether oxygens (including phenoxy) is 1. The number of methoxy groups -OCH3 is 1. The van der Waals surface area contributed by atoms with Crippen LogP contribution in [0.25, 0.3) is 0 Å². The fourth-order valence-corrected chi connectivity index (χ4v) is 1.74. The van der Waals surface area contributed by atoms with E-state index in [1.54, 1.807) is 0 Å². The first-order valence-corrected chi connectivity index (χ1v) is 5.72. The highest BCUT2D eigenvalue weighted by molar-refractivity contribution is 5.77. The van der Waals surface area contributed by atoms with Gasteiger partial charge < -0.3 is 10.5 Å². The van der Waals surface area contributed by atoms with Crippen molar-refractivity contribution in [2.45, 2.75) is 39.2 Å². The van der Waals surface area contributed by atoms with Gasteiger partial charge in [0.25, 0.3) is 0 Å². The van der Waals surface area contributed by atoms with Crippen molar-refractivity contribution in [3.05, 3.63) is 34.9 Å². The van der Waals surface area contributed by atoms with E-state index in [0.29, 0.717) is 0 Å². The van der Waals surface area contributed by atoms with E-state index in [4.69, 9.17) is 10.5 Å². The lowest BCUT2D eigenvalue weighted by molar-refractivity contribution is -0.143. The number of rotatable bonds is 3. The minimum absolute atomic E-state index is 0.381. The van der Waals surface area contributed by atoms with Gasteiger partial charge in [-0.2, -0.15) is 0 Å². The van der Waals surface area contributed by atoms with E-state index < -0.39 is 11.5 Å². The Kier molecular flexibility index (Phi) is 3.94. The molecule has 0 aliphatic carbocycles. The largest absolute Gasteiger partial charge is 0.468 e. The maximum atomic E-state index is 11.5. The van der Waals surface area contributed by atoms with Gasteiger partial charge in [0, 0.05) is 5.41 Å². The maximum absolute atomic E-state index is 11.5. The molecule has 3 nitrogen and oxygen atoms in total. The quantitative estimate of drug-likeness (QED) is 0.816. The Morgan fingerprint density at radius 2 is 1.88 bits per heavy atom. The van der Waals surface area contributed by atoms with Gasteiger partial charge in [0.15, 0.2) is 0 Å². The van der Waals surface area contributed by atoms with Gasteiger partial charge in [-0.15, -0.1) is 0 Å². The van der Waals surface area contributed by atoms with E-state index >= 15 is 0 Å². The zero-order valence-electron chi connectivity index (χ0n) is 11.2. The van der Waals surface area contributed by atoms with Crippen LogP contribution in [0.1, 0.15) is 30.5 Å². The molecule has 0 saturated heterocycles. The van der Waals surface area contributed by atoms with Gasteiger partial charge in [0.2, 0.25) is 0 Å². The summed E-state index contributed by atoms with van der Waals surface area (Å²) in [6.07, 6.45) is 0. The van der Waals surface area contributed by atoms with Crippen LogP contribution < -0.4 is 5.73 Å². The van der Waals surface area contributed by atoms with Crippen LogP contribution in [-0.4, -0.2) is 19.1 Å². The molecule has 0 saturated carbocycles. The summed E-state index contributed by atoms with van der Waals surface area (Å²) in [5.41, 5.74) is 9.00. The smallest absolute Gasteiger partial charge is 0.323 e. The molecule has 1 unspecified atom stereocenters. The van der Waals surface area contributed by atoms with Crippen LogP contribution in [0.3, 0.4) is 0 Å². The molecule has 94 valence electrons. The summed E-state index contributed by atoms with van der Waals surface area (Å²) in [6.45, 7) is 8.03. The number of carbonyl (C=O) groups excluding carboxylic acids is 1. The third kappa shape index (κ3) is 2.67. The minimum atomic E-state index is -0.658. The molecule has 1 aromatic rings. The Balaban J connectivity index is 3.11. The summed E-state index contributed by atoms with van der Waals surface area (Å²) >= 11 is 0. The number of aryl methyl sites for hydroxylation is 2. The van der Waals surface area contributed by atoms with E-state index in [1.165, 1.54) is 18.2 Å². The molecule has 0 aliphatic rings. The lowest BCUT2D eigenvalue weighted by atomic mass is 9.77. The fraction of sp³-hybridized carbons (Fsp3) is 0.500. The highest BCUT2D eigenvalue weighted by Crippen LogP contribution is 2.28. The van der Waals surface area contributed by atoms with Crippen molar-refractivity contribution < 1.29 is 9.53 Å². The van der Waals surface area contributed by atoms with Crippen molar-refractivity contribution in [1.29, 1.82) is 0 Å². The second-order valence-corrected chi connectivity index (χ2v) is 5.02. The standard InChI is InChI=1S/C14H21NO2/c1-9-6-7-11(8-10(9)2)14(3,4)12(15)13(16)17-5/h6-8,12H,15H2,1-5H3. The van der Waals surface area contributed by atoms with Gasteiger partial charge in [-0.25, -0.2) is 0 Å². The molecular formula is C14H21NO2. The molecule has 0 amide bonds. The normalized spacial score (nSPS) is 13.3. The molecule has 0 heterocycles. The lowest BCUT2D eigenvalue weighted by Gasteiger charge is -2.30. The van der Waals surface area contributed by atoms with Crippen LogP contribution >= 0.6 is 0 Å². The number of benzene rings is 1. The first kappa shape index (κ1) is 13.7. The second kappa shape index (κ2) is 4.88. The number of esters is 1. The molecule has 1 rings (SSSR count). The molecule has 0 bridgehead atoms. The number of hydrogen-bond acceptors (Lipinski definition) is 3. The molecule has 0 spiro atoms.